The first-order valence-corrected chi connectivity index (χ1v) is 5.29. The van der Waals surface area contributed by atoms with Crippen LogP contribution in [0.2, 0.25) is 0 Å². The van der Waals surface area contributed by atoms with Crippen molar-refractivity contribution in [2.24, 2.45) is 5.84 Å². The molecule has 0 bridgehead atoms. The fourth-order valence-electron chi connectivity index (χ4n) is 1.21. The lowest BCUT2D eigenvalue weighted by Gasteiger charge is -2.10. The van der Waals surface area contributed by atoms with E-state index in [0.717, 1.165) is 5.82 Å². The predicted molar refractivity (Wildman–Crippen MR) is 64.2 cm³/mol. The monoisotopic (exact) mass is 225 g/mol. The molecule has 0 aliphatic heterocycles. The third-order valence-corrected chi connectivity index (χ3v) is 1.85. The van der Waals surface area contributed by atoms with Crippen molar-refractivity contribution in [1.82, 2.24) is 9.97 Å². The van der Waals surface area contributed by atoms with E-state index in [4.69, 9.17) is 10.6 Å². The Balaban J connectivity index is 2.44. The molecule has 0 aromatic carbocycles. The standard InChI is InChI=1S/C10H19N5O/c1-7(2)16-5-4-12-9-6-10(15-11)14-8(3)13-9/h6-7H,4-5,11H2,1-3H3,(H2,12,13,14,15). The van der Waals surface area contributed by atoms with Crippen LogP contribution in [0.25, 0.3) is 0 Å². The highest BCUT2D eigenvalue weighted by atomic mass is 16.5. The van der Waals surface area contributed by atoms with Crippen molar-refractivity contribution in [3.05, 3.63) is 11.9 Å². The number of ether oxygens (including phenoxy) is 1. The van der Waals surface area contributed by atoms with Gasteiger partial charge in [-0.05, 0) is 20.8 Å². The number of nitrogens with one attached hydrogen (secondary N) is 2. The molecular weight excluding hydrogens is 206 g/mol. The van der Waals surface area contributed by atoms with E-state index in [1.807, 2.05) is 20.8 Å². The minimum Gasteiger partial charge on any atom is -0.377 e. The molecule has 1 heterocycles. The Morgan fingerprint density at radius 2 is 2.06 bits per heavy atom. The van der Waals surface area contributed by atoms with Crippen molar-refractivity contribution in [2.45, 2.75) is 26.9 Å². The van der Waals surface area contributed by atoms with Gasteiger partial charge < -0.3 is 15.5 Å². The summed E-state index contributed by atoms with van der Waals surface area (Å²) in [5.74, 6) is 7.30. The van der Waals surface area contributed by atoms with Gasteiger partial charge in [0.15, 0.2) is 0 Å². The minimum atomic E-state index is 0.246. The summed E-state index contributed by atoms with van der Waals surface area (Å²) in [6.45, 7) is 7.18. The zero-order chi connectivity index (χ0) is 12.0. The van der Waals surface area contributed by atoms with Crippen LogP contribution in [0.5, 0.6) is 0 Å². The molecule has 16 heavy (non-hydrogen) atoms. The lowest BCUT2D eigenvalue weighted by Crippen LogP contribution is -2.15. The summed E-state index contributed by atoms with van der Waals surface area (Å²) in [5, 5.41) is 3.14. The van der Waals surface area contributed by atoms with Crippen LogP contribution in [0.15, 0.2) is 6.07 Å². The maximum atomic E-state index is 5.40. The Morgan fingerprint density at radius 3 is 2.69 bits per heavy atom. The van der Waals surface area contributed by atoms with Crippen molar-refractivity contribution < 1.29 is 4.74 Å². The van der Waals surface area contributed by atoms with Gasteiger partial charge in [0, 0.05) is 12.6 Å². The largest absolute Gasteiger partial charge is 0.377 e. The van der Waals surface area contributed by atoms with Gasteiger partial charge in [-0.2, -0.15) is 0 Å². The van der Waals surface area contributed by atoms with Gasteiger partial charge >= 0.3 is 0 Å². The molecule has 90 valence electrons. The topological polar surface area (TPSA) is 85.1 Å². The number of nitrogens with two attached hydrogens (primary N) is 1. The molecule has 0 aliphatic carbocycles. The molecule has 0 spiro atoms. The minimum absolute atomic E-state index is 0.246. The van der Waals surface area contributed by atoms with E-state index in [1.54, 1.807) is 6.07 Å². The van der Waals surface area contributed by atoms with Gasteiger partial charge in [-0.25, -0.2) is 15.8 Å². The molecule has 0 radical (unpaired) electrons. The molecule has 0 amide bonds. The first kappa shape index (κ1) is 12.7. The van der Waals surface area contributed by atoms with Crippen LogP contribution in [-0.2, 0) is 4.74 Å². The summed E-state index contributed by atoms with van der Waals surface area (Å²) in [7, 11) is 0. The second kappa shape index (κ2) is 6.24. The van der Waals surface area contributed by atoms with Crippen molar-refractivity contribution in [1.29, 1.82) is 0 Å². The molecule has 1 aromatic heterocycles. The van der Waals surface area contributed by atoms with Gasteiger partial charge in [-0.3, -0.25) is 0 Å². The number of aryl methyl sites for hydroxylation is 1. The Kier molecular flexibility index (Phi) is 4.94. The SMILES string of the molecule is Cc1nc(NN)cc(NCCOC(C)C)n1. The summed E-state index contributed by atoms with van der Waals surface area (Å²) in [4.78, 5) is 8.32. The van der Waals surface area contributed by atoms with Gasteiger partial charge in [0.25, 0.3) is 0 Å². The van der Waals surface area contributed by atoms with Crippen LogP contribution in [0.1, 0.15) is 19.7 Å². The van der Waals surface area contributed by atoms with E-state index >= 15 is 0 Å². The van der Waals surface area contributed by atoms with E-state index in [-0.39, 0.29) is 6.10 Å². The summed E-state index contributed by atoms with van der Waals surface area (Å²) in [5.41, 5.74) is 2.49. The zero-order valence-electron chi connectivity index (χ0n) is 9.95. The third-order valence-electron chi connectivity index (χ3n) is 1.85. The highest BCUT2D eigenvalue weighted by Gasteiger charge is 2.00. The van der Waals surface area contributed by atoms with Crippen molar-refractivity contribution in [3.8, 4) is 0 Å². The number of nitrogen functional groups attached to an aromatic ring is 1. The highest BCUT2D eigenvalue weighted by Crippen LogP contribution is 2.09. The van der Waals surface area contributed by atoms with Gasteiger partial charge in [0.2, 0.25) is 0 Å². The quantitative estimate of drug-likeness (QED) is 0.379. The normalized spacial score (nSPS) is 10.6. The number of hydrogen-bond acceptors (Lipinski definition) is 6. The Morgan fingerprint density at radius 1 is 1.38 bits per heavy atom. The molecule has 1 rings (SSSR count). The van der Waals surface area contributed by atoms with Crippen LogP contribution >= 0.6 is 0 Å². The molecule has 0 saturated carbocycles. The van der Waals surface area contributed by atoms with Crippen LogP contribution in [0.3, 0.4) is 0 Å². The average Bonchev–Trinajstić information content (AvgIpc) is 2.23. The Bertz CT molecular complexity index is 329. The smallest absolute Gasteiger partial charge is 0.145 e. The van der Waals surface area contributed by atoms with Crippen LogP contribution in [0, 0.1) is 6.92 Å². The molecule has 1 aromatic rings. The van der Waals surface area contributed by atoms with Crippen LogP contribution in [0.4, 0.5) is 11.6 Å². The van der Waals surface area contributed by atoms with Crippen molar-refractivity contribution >= 4 is 11.6 Å². The first-order valence-electron chi connectivity index (χ1n) is 5.29. The Hall–Kier alpha value is -1.40. The molecule has 6 heteroatoms. The Labute approximate surface area is 95.6 Å². The van der Waals surface area contributed by atoms with Crippen molar-refractivity contribution in [3.63, 3.8) is 0 Å². The average molecular weight is 225 g/mol. The number of hydrazine groups is 1. The second-order valence-electron chi connectivity index (χ2n) is 3.68. The highest BCUT2D eigenvalue weighted by molar-refractivity contribution is 5.46. The summed E-state index contributed by atoms with van der Waals surface area (Å²) in [6, 6.07) is 1.75. The summed E-state index contributed by atoms with van der Waals surface area (Å²) < 4.78 is 5.40. The number of nitrogens with zero attached hydrogens (tertiary/aromatic N) is 2. The predicted octanol–water partition coefficient (Wildman–Crippen LogP) is 0.908. The van der Waals surface area contributed by atoms with Crippen LogP contribution in [-0.4, -0.2) is 29.2 Å². The van der Waals surface area contributed by atoms with E-state index < -0.39 is 0 Å². The van der Waals surface area contributed by atoms with Crippen LogP contribution < -0.4 is 16.6 Å². The van der Waals surface area contributed by atoms with E-state index in [9.17, 15) is 0 Å². The lowest BCUT2D eigenvalue weighted by molar-refractivity contribution is 0.0870. The maximum absolute atomic E-state index is 5.40. The number of rotatable bonds is 6. The molecule has 0 fully saturated rings. The lowest BCUT2D eigenvalue weighted by atomic mass is 10.4. The van der Waals surface area contributed by atoms with E-state index in [1.165, 1.54) is 0 Å². The van der Waals surface area contributed by atoms with Crippen molar-refractivity contribution in [2.75, 3.05) is 23.9 Å². The van der Waals surface area contributed by atoms with E-state index in [2.05, 4.69) is 20.7 Å². The van der Waals surface area contributed by atoms with Gasteiger partial charge in [0.1, 0.15) is 17.5 Å². The number of aromatic nitrogens is 2. The van der Waals surface area contributed by atoms with Gasteiger partial charge in [-0.1, -0.05) is 0 Å². The molecule has 4 N–H and O–H groups in total. The summed E-state index contributed by atoms with van der Waals surface area (Å²) >= 11 is 0. The van der Waals surface area contributed by atoms with E-state index in [0.29, 0.717) is 24.8 Å². The molecule has 0 unspecified atom stereocenters. The van der Waals surface area contributed by atoms with Gasteiger partial charge in [0.05, 0.1) is 12.7 Å². The molecule has 0 atom stereocenters. The summed E-state index contributed by atoms with van der Waals surface area (Å²) in [6.07, 6.45) is 0.246. The number of anilines is 2. The number of hydrogen-bond donors (Lipinski definition) is 3. The molecule has 6 nitrogen and oxygen atoms in total. The first-order chi connectivity index (χ1) is 7.61. The fraction of sp³-hybridized carbons (Fsp3) is 0.600. The second-order valence-corrected chi connectivity index (χ2v) is 3.68. The molecular formula is C10H19N5O. The zero-order valence-corrected chi connectivity index (χ0v) is 9.95. The maximum Gasteiger partial charge on any atom is 0.145 e. The molecule has 0 saturated heterocycles. The fourth-order valence-corrected chi connectivity index (χ4v) is 1.21. The third kappa shape index (κ3) is 4.41. The van der Waals surface area contributed by atoms with Gasteiger partial charge in [-0.15, -0.1) is 0 Å². The molecule has 0 aliphatic rings.